The molecule has 1 amide bonds. The van der Waals surface area contributed by atoms with Crippen LogP contribution in [0.5, 0.6) is 0 Å². The lowest BCUT2D eigenvalue weighted by atomic mass is 9.90. The number of likely N-dealkylation sites (tertiary alicyclic amines) is 1. The van der Waals surface area contributed by atoms with Gasteiger partial charge < -0.3 is 9.88 Å². The van der Waals surface area contributed by atoms with E-state index in [0.717, 1.165) is 67.9 Å². The molecule has 0 radical (unpaired) electrons. The average Bonchev–Trinajstić information content (AvgIpc) is 3.15. The molecule has 2 aromatic rings. The van der Waals surface area contributed by atoms with Gasteiger partial charge in [-0.3, -0.25) is 4.79 Å². The number of piperidine rings is 1. The van der Waals surface area contributed by atoms with Gasteiger partial charge in [0.1, 0.15) is 5.03 Å². The number of amides is 1. The van der Waals surface area contributed by atoms with E-state index < -0.39 is 0 Å². The van der Waals surface area contributed by atoms with E-state index in [2.05, 4.69) is 34.2 Å². The number of nitrogens with zero attached hydrogens (tertiary/aromatic N) is 2. The van der Waals surface area contributed by atoms with Gasteiger partial charge in [-0.05, 0) is 50.0 Å². The Kier molecular flexibility index (Phi) is 5.62. The third-order valence-corrected chi connectivity index (χ3v) is 6.61. The predicted octanol–water partition coefficient (Wildman–Crippen LogP) is 2.83. The lowest BCUT2D eigenvalue weighted by molar-refractivity contribution is -0.129. The summed E-state index contributed by atoms with van der Waals surface area (Å²) in [6.07, 6.45) is 6.12. The molecule has 1 aromatic heterocycles. The quantitative estimate of drug-likeness (QED) is 0.637. The van der Waals surface area contributed by atoms with Crippen molar-refractivity contribution in [2.45, 2.75) is 43.6 Å². The molecule has 27 heavy (non-hydrogen) atoms. The number of fused-ring (bicyclic) bond motifs is 1. The summed E-state index contributed by atoms with van der Waals surface area (Å²) in [5, 5.41) is 0.749. The fraction of sp³-hybridized carbons (Fsp3) is 0.476. The number of H-pyrrole nitrogens is 1. The highest BCUT2D eigenvalue weighted by molar-refractivity contribution is 7.99. The Labute approximate surface area is 163 Å². The zero-order valence-electron chi connectivity index (χ0n) is 15.4. The lowest BCUT2D eigenvalue weighted by Gasteiger charge is -2.32. The molecule has 1 aromatic carbocycles. The SMILES string of the molecule is O=C(CSc1nc(=O)[nH]c2c1CCC2)N1CCC(Cc2ccccc2)CC1. The van der Waals surface area contributed by atoms with Crippen molar-refractivity contribution in [2.75, 3.05) is 18.8 Å². The van der Waals surface area contributed by atoms with Crippen molar-refractivity contribution >= 4 is 17.7 Å². The highest BCUT2D eigenvalue weighted by atomic mass is 32.2. The van der Waals surface area contributed by atoms with Crippen LogP contribution in [0, 0.1) is 5.92 Å². The summed E-state index contributed by atoms with van der Waals surface area (Å²) in [5.41, 5.74) is 3.22. The number of thioether (sulfide) groups is 1. The first-order valence-electron chi connectivity index (χ1n) is 9.75. The Hall–Kier alpha value is -2.08. The summed E-state index contributed by atoms with van der Waals surface area (Å²) >= 11 is 1.42. The van der Waals surface area contributed by atoms with Crippen molar-refractivity contribution in [2.24, 2.45) is 5.92 Å². The molecular weight excluding hydrogens is 358 g/mol. The standard InChI is InChI=1S/C21H25N3O2S/c25-19(14-27-20-17-7-4-8-18(17)22-21(26)23-20)24-11-9-16(10-12-24)13-15-5-2-1-3-6-15/h1-3,5-6,16H,4,7-14H2,(H,22,23,26). The number of rotatable bonds is 5. The molecule has 2 aliphatic rings. The number of aromatic amines is 1. The third-order valence-electron chi connectivity index (χ3n) is 5.60. The molecule has 0 atom stereocenters. The largest absolute Gasteiger partial charge is 0.346 e. The summed E-state index contributed by atoms with van der Waals surface area (Å²) < 4.78 is 0. The topological polar surface area (TPSA) is 66.1 Å². The summed E-state index contributed by atoms with van der Waals surface area (Å²) in [6.45, 7) is 1.66. The minimum absolute atomic E-state index is 0.159. The molecule has 1 saturated heterocycles. The van der Waals surface area contributed by atoms with Crippen LogP contribution in [0.4, 0.5) is 0 Å². The van der Waals surface area contributed by atoms with Crippen LogP contribution in [0.25, 0.3) is 0 Å². The van der Waals surface area contributed by atoms with E-state index in [1.54, 1.807) is 0 Å². The zero-order chi connectivity index (χ0) is 18.6. The van der Waals surface area contributed by atoms with E-state index >= 15 is 0 Å². The molecular formula is C21H25N3O2S. The van der Waals surface area contributed by atoms with Crippen LogP contribution in [0.3, 0.4) is 0 Å². The molecule has 1 fully saturated rings. The van der Waals surface area contributed by atoms with Crippen molar-refractivity contribution in [1.82, 2.24) is 14.9 Å². The van der Waals surface area contributed by atoms with Crippen molar-refractivity contribution in [3.8, 4) is 0 Å². The molecule has 142 valence electrons. The maximum atomic E-state index is 12.6. The Morgan fingerprint density at radius 2 is 1.96 bits per heavy atom. The number of hydrogen-bond donors (Lipinski definition) is 1. The van der Waals surface area contributed by atoms with Crippen LogP contribution in [0.15, 0.2) is 40.2 Å². The van der Waals surface area contributed by atoms with Gasteiger partial charge in [-0.2, -0.15) is 4.98 Å². The molecule has 4 rings (SSSR count). The molecule has 0 bridgehead atoms. The minimum Gasteiger partial charge on any atom is -0.342 e. The van der Waals surface area contributed by atoms with E-state index in [-0.39, 0.29) is 11.6 Å². The normalized spacial score (nSPS) is 17.1. The second-order valence-electron chi connectivity index (χ2n) is 7.46. The minimum atomic E-state index is -0.299. The van der Waals surface area contributed by atoms with Gasteiger partial charge in [0, 0.05) is 24.3 Å². The number of carbonyl (C=O) groups is 1. The average molecular weight is 384 g/mol. The second kappa shape index (κ2) is 8.30. The fourth-order valence-corrected chi connectivity index (χ4v) is 5.10. The van der Waals surface area contributed by atoms with Crippen LogP contribution in [-0.2, 0) is 24.1 Å². The molecule has 1 N–H and O–H groups in total. The maximum Gasteiger partial charge on any atom is 0.346 e. The first kappa shape index (κ1) is 18.3. The number of nitrogens with one attached hydrogen (secondary N) is 1. The van der Waals surface area contributed by atoms with Crippen LogP contribution in [-0.4, -0.2) is 39.6 Å². The van der Waals surface area contributed by atoms with Gasteiger partial charge in [-0.15, -0.1) is 0 Å². The Morgan fingerprint density at radius 1 is 1.19 bits per heavy atom. The van der Waals surface area contributed by atoms with E-state index in [1.807, 2.05) is 11.0 Å². The van der Waals surface area contributed by atoms with Crippen LogP contribution in [0.1, 0.15) is 36.1 Å². The number of benzene rings is 1. The first-order chi connectivity index (χ1) is 13.2. The smallest absolute Gasteiger partial charge is 0.342 e. The Balaban J connectivity index is 1.29. The van der Waals surface area contributed by atoms with Crippen LogP contribution in [0.2, 0.25) is 0 Å². The molecule has 1 aliphatic heterocycles. The maximum absolute atomic E-state index is 12.6. The monoisotopic (exact) mass is 383 g/mol. The van der Waals surface area contributed by atoms with Gasteiger partial charge in [0.25, 0.3) is 0 Å². The van der Waals surface area contributed by atoms with Crippen molar-refractivity contribution in [3.05, 3.63) is 57.6 Å². The molecule has 0 unspecified atom stereocenters. The van der Waals surface area contributed by atoms with E-state index in [9.17, 15) is 9.59 Å². The fourth-order valence-electron chi connectivity index (χ4n) is 4.11. The number of aryl methyl sites for hydroxylation is 1. The van der Waals surface area contributed by atoms with Crippen LogP contribution >= 0.6 is 11.8 Å². The number of hydrogen-bond acceptors (Lipinski definition) is 4. The molecule has 6 heteroatoms. The Morgan fingerprint density at radius 3 is 2.74 bits per heavy atom. The summed E-state index contributed by atoms with van der Waals surface area (Å²) in [5.74, 6) is 1.18. The summed E-state index contributed by atoms with van der Waals surface area (Å²) in [4.78, 5) is 33.2. The molecule has 0 spiro atoms. The third kappa shape index (κ3) is 4.43. The number of carbonyl (C=O) groups excluding carboxylic acids is 1. The highest BCUT2D eigenvalue weighted by Crippen LogP contribution is 2.28. The summed E-state index contributed by atoms with van der Waals surface area (Å²) in [6, 6.07) is 10.6. The zero-order valence-corrected chi connectivity index (χ0v) is 16.3. The lowest BCUT2D eigenvalue weighted by Crippen LogP contribution is -2.39. The molecule has 0 saturated carbocycles. The predicted molar refractivity (Wildman–Crippen MR) is 107 cm³/mol. The van der Waals surface area contributed by atoms with Crippen LogP contribution < -0.4 is 5.69 Å². The second-order valence-corrected chi connectivity index (χ2v) is 8.42. The van der Waals surface area contributed by atoms with Gasteiger partial charge in [0.05, 0.1) is 5.75 Å². The van der Waals surface area contributed by atoms with Crippen molar-refractivity contribution in [3.63, 3.8) is 0 Å². The van der Waals surface area contributed by atoms with Gasteiger partial charge in [-0.1, -0.05) is 42.1 Å². The summed E-state index contributed by atoms with van der Waals surface area (Å²) in [7, 11) is 0. The van der Waals surface area contributed by atoms with E-state index in [0.29, 0.717) is 11.7 Å². The molecule has 1 aliphatic carbocycles. The van der Waals surface area contributed by atoms with E-state index in [1.165, 1.54) is 17.3 Å². The van der Waals surface area contributed by atoms with Crippen molar-refractivity contribution < 1.29 is 4.79 Å². The molecule has 5 nitrogen and oxygen atoms in total. The van der Waals surface area contributed by atoms with Gasteiger partial charge in [-0.25, -0.2) is 4.79 Å². The van der Waals surface area contributed by atoms with Gasteiger partial charge >= 0.3 is 5.69 Å². The van der Waals surface area contributed by atoms with Crippen molar-refractivity contribution in [1.29, 1.82) is 0 Å². The first-order valence-corrected chi connectivity index (χ1v) is 10.7. The molecule has 2 heterocycles. The van der Waals surface area contributed by atoms with E-state index in [4.69, 9.17) is 0 Å². The number of aromatic nitrogens is 2. The van der Waals surface area contributed by atoms with Gasteiger partial charge in [0.2, 0.25) is 5.91 Å². The Bertz CT molecular complexity index is 857. The highest BCUT2D eigenvalue weighted by Gasteiger charge is 2.24. The van der Waals surface area contributed by atoms with Gasteiger partial charge in [0.15, 0.2) is 0 Å².